The van der Waals surface area contributed by atoms with Gasteiger partial charge >= 0.3 is 0 Å². The zero-order chi connectivity index (χ0) is 18.6. The molecule has 1 heterocycles. The van der Waals surface area contributed by atoms with Crippen LogP contribution in [0.1, 0.15) is 5.69 Å². The normalized spacial score (nSPS) is 10.3. The first-order valence-electron chi connectivity index (χ1n) is 8.26. The molecule has 27 heavy (non-hydrogen) atoms. The van der Waals surface area contributed by atoms with Crippen molar-refractivity contribution in [1.29, 1.82) is 5.26 Å². The Morgan fingerprint density at radius 3 is 1.81 bits per heavy atom. The minimum atomic E-state index is -0.0341. The first-order valence-corrected chi connectivity index (χ1v) is 8.26. The third kappa shape index (κ3) is 3.37. The lowest BCUT2D eigenvalue weighted by Crippen LogP contribution is -1.93. The van der Waals surface area contributed by atoms with Crippen LogP contribution >= 0.6 is 0 Å². The highest BCUT2D eigenvalue weighted by molar-refractivity contribution is 5.93. The Bertz CT molecular complexity index is 1140. The zero-order valence-electron chi connectivity index (χ0n) is 14.2. The van der Waals surface area contributed by atoms with Gasteiger partial charge < -0.3 is 14.6 Å². The van der Waals surface area contributed by atoms with Crippen molar-refractivity contribution in [2.24, 2.45) is 0 Å². The highest BCUT2D eigenvalue weighted by Crippen LogP contribution is 2.40. The fraction of sp³-hybridized carbons (Fsp3) is 0. The van der Waals surface area contributed by atoms with E-state index in [1.54, 1.807) is 12.1 Å². The van der Waals surface area contributed by atoms with Gasteiger partial charge in [-0.1, -0.05) is 36.4 Å². The maximum atomic E-state index is 10.2. The Balaban J connectivity index is 1.88. The fourth-order valence-electron chi connectivity index (χ4n) is 2.71. The van der Waals surface area contributed by atoms with Crippen LogP contribution in [0, 0.1) is 11.3 Å². The molecule has 0 saturated carbocycles. The van der Waals surface area contributed by atoms with E-state index in [9.17, 15) is 10.4 Å². The average Bonchev–Trinajstić information content (AvgIpc) is 2.71. The van der Waals surface area contributed by atoms with Gasteiger partial charge in [-0.25, -0.2) is 4.98 Å². The monoisotopic (exact) mass is 354 g/mol. The predicted octanol–water partition coefficient (Wildman–Crippen LogP) is 5.40. The molecule has 0 atom stereocenters. The summed E-state index contributed by atoms with van der Waals surface area (Å²) in [5.41, 5.74) is 0.201. The number of nitriles is 1. The van der Waals surface area contributed by atoms with Crippen molar-refractivity contribution in [3.63, 3.8) is 0 Å². The van der Waals surface area contributed by atoms with E-state index in [2.05, 4.69) is 4.98 Å². The molecule has 130 valence electrons. The molecule has 4 rings (SSSR count). The number of hydrogen-bond donors (Lipinski definition) is 1. The molecule has 4 aromatic rings. The summed E-state index contributed by atoms with van der Waals surface area (Å²) in [6, 6.07) is 23.9. The Kier molecular flexibility index (Phi) is 4.30. The summed E-state index contributed by atoms with van der Waals surface area (Å²) in [7, 11) is 0. The molecule has 0 radical (unpaired) electrons. The Morgan fingerprint density at radius 1 is 0.778 bits per heavy atom. The molecule has 0 spiro atoms. The van der Waals surface area contributed by atoms with Crippen molar-refractivity contribution in [1.82, 2.24) is 4.98 Å². The van der Waals surface area contributed by atoms with Crippen molar-refractivity contribution in [3.05, 3.63) is 84.7 Å². The molecule has 0 fully saturated rings. The molecule has 0 amide bonds. The van der Waals surface area contributed by atoms with E-state index in [-0.39, 0.29) is 11.4 Å². The summed E-state index contributed by atoms with van der Waals surface area (Å²) < 4.78 is 12.0. The Labute approximate surface area is 155 Å². The molecule has 1 aromatic heterocycles. The van der Waals surface area contributed by atoms with Gasteiger partial charge in [0.25, 0.3) is 0 Å². The van der Waals surface area contributed by atoms with Crippen LogP contribution in [0.5, 0.6) is 28.7 Å². The minimum absolute atomic E-state index is 0.0341. The molecule has 5 heteroatoms. The number of hydrogen-bond acceptors (Lipinski definition) is 5. The SMILES string of the molecule is N#Cc1ncc(O)c2cc(Oc3ccccc3)c(Oc3ccccc3)cc12. The summed E-state index contributed by atoms with van der Waals surface area (Å²) in [5, 5.41) is 20.5. The molecular weight excluding hydrogens is 340 g/mol. The summed E-state index contributed by atoms with van der Waals surface area (Å²) in [5.74, 6) is 2.06. The first-order chi connectivity index (χ1) is 13.2. The number of pyridine rings is 1. The minimum Gasteiger partial charge on any atom is -0.506 e. The molecule has 5 nitrogen and oxygen atoms in total. The van der Waals surface area contributed by atoms with Gasteiger partial charge in [0.15, 0.2) is 11.5 Å². The maximum absolute atomic E-state index is 10.2. The number of nitrogens with zero attached hydrogens (tertiary/aromatic N) is 2. The third-order valence-electron chi connectivity index (χ3n) is 3.98. The van der Waals surface area contributed by atoms with E-state index in [1.165, 1.54) is 6.20 Å². The van der Waals surface area contributed by atoms with Gasteiger partial charge in [-0.15, -0.1) is 0 Å². The number of para-hydroxylation sites is 2. The molecule has 1 N–H and O–H groups in total. The predicted molar refractivity (Wildman–Crippen MR) is 101 cm³/mol. The summed E-state index contributed by atoms with van der Waals surface area (Å²) in [4.78, 5) is 3.98. The summed E-state index contributed by atoms with van der Waals surface area (Å²) >= 11 is 0. The van der Waals surface area contributed by atoms with E-state index in [4.69, 9.17) is 9.47 Å². The van der Waals surface area contributed by atoms with Crippen LogP contribution in [0.3, 0.4) is 0 Å². The van der Waals surface area contributed by atoms with Gasteiger partial charge in [0, 0.05) is 10.8 Å². The molecule has 0 unspecified atom stereocenters. The number of benzene rings is 3. The first kappa shape index (κ1) is 16.4. The lowest BCUT2D eigenvalue weighted by molar-refractivity contribution is 0.419. The lowest BCUT2D eigenvalue weighted by atomic mass is 10.1. The van der Waals surface area contributed by atoms with E-state index in [0.717, 1.165) is 0 Å². The van der Waals surface area contributed by atoms with Gasteiger partial charge in [0.05, 0.1) is 6.20 Å². The topological polar surface area (TPSA) is 75.4 Å². The average molecular weight is 354 g/mol. The lowest BCUT2D eigenvalue weighted by Gasteiger charge is -2.14. The summed E-state index contributed by atoms with van der Waals surface area (Å²) in [6.07, 6.45) is 1.25. The number of aromatic hydroxyl groups is 1. The van der Waals surface area contributed by atoms with Crippen LogP contribution < -0.4 is 9.47 Å². The highest BCUT2D eigenvalue weighted by Gasteiger charge is 2.15. The molecule has 0 bridgehead atoms. The van der Waals surface area contributed by atoms with Crippen LogP contribution in [-0.2, 0) is 0 Å². The number of aromatic nitrogens is 1. The van der Waals surface area contributed by atoms with E-state index in [1.807, 2.05) is 66.7 Å². The third-order valence-corrected chi connectivity index (χ3v) is 3.98. The number of ether oxygens (including phenoxy) is 2. The second-order valence-corrected chi connectivity index (χ2v) is 5.78. The van der Waals surface area contributed by atoms with Gasteiger partial charge in [-0.05, 0) is 36.4 Å². The maximum Gasteiger partial charge on any atom is 0.170 e. The Morgan fingerprint density at radius 2 is 1.30 bits per heavy atom. The van der Waals surface area contributed by atoms with Crippen molar-refractivity contribution in [2.45, 2.75) is 0 Å². The van der Waals surface area contributed by atoms with Crippen LogP contribution in [0.2, 0.25) is 0 Å². The molecule has 0 saturated heterocycles. The van der Waals surface area contributed by atoms with Gasteiger partial charge in [-0.2, -0.15) is 5.26 Å². The fourth-order valence-corrected chi connectivity index (χ4v) is 2.71. The smallest absolute Gasteiger partial charge is 0.170 e. The van der Waals surface area contributed by atoms with Gasteiger partial charge in [0.1, 0.15) is 29.0 Å². The Hall–Kier alpha value is -4.04. The van der Waals surface area contributed by atoms with Crippen molar-refractivity contribution in [3.8, 4) is 34.8 Å². The zero-order valence-corrected chi connectivity index (χ0v) is 14.2. The standard InChI is InChI=1S/C22H14N2O3/c23-13-19-17-11-21(26-15-7-3-1-4-8-15)22(12-18(17)20(25)14-24-19)27-16-9-5-2-6-10-16/h1-12,14,25H. The highest BCUT2D eigenvalue weighted by atomic mass is 16.5. The van der Waals surface area contributed by atoms with Crippen LogP contribution in [0.4, 0.5) is 0 Å². The van der Waals surface area contributed by atoms with Crippen molar-refractivity contribution in [2.75, 3.05) is 0 Å². The molecule has 0 aliphatic heterocycles. The van der Waals surface area contributed by atoms with Crippen molar-refractivity contribution >= 4 is 10.8 Å². The van der Waals surface area contributed by atoms with E-state index in [0.29, 0.717) is 33.8 Å². The van der Waals surface area contributed by atoms with Crippen LogP contribution in [0.25, 0.3) is 10.8 Å². The molecule has 3 aromatic carbocycles. The quantitative estimate of drug-likeness (QED) is 0.531. The van der Waals surface area contributed by atoms with Gasteiger partial charge in [0.2, 0.25) is 0 Å². The second kappa shape index (κ2) is 7.06. The molecular formula is C22H14N2O3. The van der Waals surface area contributed by atoms with E-state index >= 15 is 0 Å². The number of fused-ring (bicyclic) bond motifs is 1. The van der Waals surface area contributed by atoms with Gasteiger partial charge in [-0.3, -0.25) is 0 Å². The largest absolute Gasteiger partial charge is 0.506 e. The second-order valence-electron chi connectivity index (χ2n) is 5.78. The van der Waals surface area contributed by atoms with Crippen molar-refractivity contribution < 1.29 is 14.6 Å². The van der Waals surface area contributed by atoms with Crippen LogP contribution in [-0.4, -0.2) is 10.1 Å². The summed E-state index contributed by atoms with van der Waals surface area (Å²) in [6.45, 7) is 0. The number of rotatable bonds is 4. The van der Waals surface area contributed by atoms with E-state index < -0.39 is 0 Å². The molecule has 0 aliphatic rings. The molecule has 0 aliphatic carbocycles. The van der Waals surface area contributed by atoms with Crippen LogP contribution in [0.15, 0.2) is 79.0 Å².